The summed E-state index contributed by atoms with van der Waals surface area (Å²) < 4.78 is 50.2. The second-order valence-electron chi connectivity index (χ2n) is 3.54. The van der Waals surface area contributed by atoms with Gasteiger partial charge < -0.3 is 10.8 Å². The van der Waals surface area contributed by atoms with Crippen molar-refractivity contribution in [2.24, 2.45) is 5.73 Å². The smallest absolute Gasteiger partial charge is 0.387 e. The van der Waals surface area contributed by atoms with Gasteiger partial charge in [-0.15, -0.1) is 0 Å². The quantitative estimate of drug-likeness (QED) is 0.775. The first-order valence-corrected chi connectivity index (χ1v) is 4.53. The van der Waals surface area contributed by atoms with Gasteiger partial charge in [0.2, 0.25) is 0 Å². The molecule has 0 fully saturated rings. The molecule has 0 aliphatic carbocycles. The average molecular weight is 237 g/mol. The lowest BCUT2D eigenvalue weighted by Crippen LogP contribution is -2.25. The van der Waals surface area contributed by atoms with Crippen molar-refractivity contribution >= 4 is 0 Å². The summed E-state index contributed by atoms with van der Waals surface area (Å²) in [6.07, 6.45) is -6.03. The highest BCUT2D eigenvalue weighted by Gasteiger charge is 2.32. The van der Waals surface area contributed by atoms with Crippen molar-refractivity contribution in [1.29, 1.82) is 0 Å². The molecule has 6 heteroatoms. The Labute approximate surface area is 89.7 Å². The van der Waals surface area contributed by atoms with Crippen LogP contribution < -0.4 is 5.73 Å². The van der Waals surface area contributed by atoms with E-state index in [2.05, 4.69) is 0 Å². The molecule has 1 rings (SSSR count). The highest BCUT2D eigenvalue weighted by atomic mass is 19.4. The van der Waals surface area contributed by atoms with Crippen molar-refractivity contribution in [3.63, 3.8) is 0 Å². The molecule has 0 bridgehead atoms. The van der Waals surface area contributed by atoms with Crippen molar-refractivity contribution in [3.8, 4) is 0 Å². The Balaban J connectivity index is 3.19. The third-order valence-corrected chi connectivity index (χ3v) is 2.14. The fourth-order valence-corrected chi connectivity index (χ4v) is 1.23. The molecule has 2 atom stereocenters. The van der Waals surface area contributed by atoms with Crippen molar-refractivity contribution in [1.82, 2.24) is 0 Å². The van der Waals surface area contributed by atoms with Gasteiger partial charge in [-0.05, 0) is 25.1 Å². The molecule has 16 heavy (non-hydrogen) atoms. The first-order valence-electron chi connectivity index (χ1n) is 4.53. The van der Waals surface area contributed by atoms with Crippen LogP contribution >= 0.6 is 0 Å². The zero-order valence-corrected chi connectivity index (χ0v) is 8.42. The second kappa shape index (κ2) is 4.39. The number of hydrogen-bond donors (Lipinski definition) is 2. The number of rotatable bonds is 2. The normalized spacial score (nSPS) is 15.9. The maximum Gasteiger partial charge on any atom is 0.416 e. The van der Waals surface area contributed by atoms with Gasteiger partial charge in [0.05, 0.1) is 11.7 Å². The van der Waals surface area contributed by atoms with E-state index in [1.165, 1.54) is 6.92 Å². The summed E-state index contributed by atoms with van der Waals surface area (Å²) in [6, 6.07) is 1.01. The fraction of sp³-hybridized carbons (Fsp3) is 0.400. The number of benzene rings is 1. The predicted molar refractivity (Wildman–Crippen MR) is 50.0 cm³/mol. The summed E-state index contributed by atoms with van der Waals surface area (Å²) in [5, 5.41) is 9.44. The van der Waals surface area contributed by atoms with Crippen LogP contribution in [0.5, 0.6) is 0 Å². The molecule has 0 unspecified atom stereocenters. The summed E-state index contributed by atoms with van der Waals surface area (Å²) in [6.45, 7) is 1.38. The van der Waals surface area contributed by atoms with Gasteiger partial charge in [0.25, 0.3) is 0 Å². The minimum atomic E-state index is -4.57. The van der Waals surface area contributed by atoms with Crippen LogP contribution in [0.25, 0.3) is 0 Å². The molecule has 0 saturated heterocycles. The Morgan fingerprint density at radius 3 is 2.31 bits per heavy atom. The lowest BCUT2D eigenvalue weighted by atomic mass is 10.0. The molecule has 90 valence electrons. The molecule has 0 spiro atoms. The zero-order chi connectivity index (χ0) is 12.5. The van der Waals surface area contributed by atoms with E-state index in [0.717, 1.165) is 0 Å². The second-order valence-corrected chi connectivity index (χ2v) is 3.54. The van der Waals surface area contributed by atoms with E-state index in [-0.39, 0.29) is 0 Å². The molecule has 0 aliphatic rings. The highest BCUT2D eigenvalue weighted by Crippen LogP contribution is 2.32. The van der Waals surface area contributed by atoms with Crippen LogP contribution in [-0.2, 0) is 6.18 Å². The van der Waals surface area contributed by atoms with Gasteiger partial charge in [-0.1, -0.05) is 0 Å². The van der Waals surface area contributed by atoms with Crippen LogP contribution in [0.3, 0.4) is 0 Å². The monoisotopic (exact) mass is 237 g/mol. The number of aliphatic hydroxyl groups is 1. The van der Waals surface area contributed by atoms with Gasteiger partial charge in [-0.25, -0.2) is 4.39 Å². The van der Waals surface area contributed by atoms with E-state index >= 15 is 0 Å². The Morgan fingerprint density at radius 2 is 1.88 bits per heavy atom. The number of nitrogens with two attached hydrogens (primary N) is 1. The third-order valence-electron chi connectivity index (χ3n) is 2.14. The topological polar surface area (TPSA) is 46.2 Å². The maximum atomic E-state index is 13.2. The van der Waals surface area contributed by atoms with Crippen LogP contribution in [0.15, 0.2) is 18.2 Å². The molecule has 1 aromatic rings. The van der Waals surface area contributed by atoms with Gasteiger partial charge in [0.1, 0.15) is 5.82 Å². The number of alkyl halides is 3. The van der Waals surface area contributed by atoms with Crippen LogP contribution in [0.1, 0.15) is 24.2 Å². The summed E-state index contributed by atoms with van der Waals surface area (Å²) in [5.74, 6) is -0.905. The Hall–Kier alpha value is -1.14. The summed E-state index contributed by atoms with van der Waals surface area (Å²) >= 11 is 0. The first-order chi connectivity index (χ1) is 7.23. The van der Waals surface area contributed by atoms with Crippen molar-refractivity contribution in [2.75, 3.05) is 0 Å². The lowest BCUT2D eigenvalue weighted by Gasteiger charge is -2.17. The number of aliphatic hydroxyl groups excluding tert-OH is 1. The lowest BCUT2D eigenvalue weighted by molar-refractivity contribution is -0.137. The molecular weight excluding hydrogens is 226 g/mol. The van der Waals surface area contributed by atoms with Gasteiger partial charge in [0, 0.05) is 11.6 Å². The fourth-order valence-electron chi connectivity index (χ4n) is 1.23. The summed E-state index contributed by atoms with van der Waals surface area (Å²) in [5.41, 5.74) is 3.85. The standard InChI is InChI=1S/C10H11F4NO/c1-5(15)9(16)7-4-6(10(12,13)14)2-3-8(7)11/h2-5,9,16H,15H2,1H3/t5-,9-/m1/s1. The van der Waals surface area contributed by atoms with E-state index in [9.17, 15) is 22.7 Å². The molecule has 2 nitrogen and oxygen atoms in total. The highest BCUT2D eigenvalue weighted by molar-refractivity contribution is 5.29. The molecule has 0 aromatic heterocycles. The van der Waals surface area contributed by atoms with Crippen molar-refractivity contribution in [2.45, 2.75) is 25.2 Å². The summed E-state index contributed by atoms with van der Waals surface area (Å²) in [7, 11) is 0. The zero-order valence-electron chi connectivity index (χ0n) is 8.42. The first kappa shape index (κ1) is 12.9. The van der Waals surface area contributed by atoms with Crippen molar-refractivity contribution in [3.05, 3.63) is 35.1 Å². The molecule has 3 N–H and O–H groups in total. The molecule has 0 radical (unpaired) electrons. The van der Waals surface area contributed by atoms with E-state index in [4.69, 9.17) is 5.73 Å². The number of hydrogen-bond acceptors (Lipinski definition) is 2. The molecule has 0 amide bonds. The predicted octanol–water partition coefficient (Wildman–Crippen LogP) is 2.23. The minimum absolute atomic E-state index is 0.440. The minimum Gasteiger partial charge on any atom is -0.387 e. The van der Waals surface area contributed by atoms with Crippen molar-refractivity contribution < 1.29 is 22.7 Å². The van der Waals surface area contributed by atoms with Gasteiger partial charge in [0.15, 0.2) is 0 Å². The number of halogens is 4. The van der Waals surface area contributed by atoms with E-state index in [1.54, 1.807) is 0 Å². The molecule has 0 aliphatic heterocycles. The Morgan fingerprint density at radius 1 is 1.31 bits per heavy atom. The Kier molecular flexibility index (Phi) is 3.54. The van der Waals surface area contributed by atoms with Gasteiger partial charge in [-0.3, -0.25) is 0 Å². The SMILES string of the molecule is C[C@@H](N)[C@@H](O)c1cc(C(F)(F)F)ccc1F. The van der Waals surface area contributed by atoms with Crippen LogP contribution in [0.2, 0.25) is 0 Å². The molecule has 0 heterocycles. The van der Waals surface area contributed by atoms with Crippen LogP contribution in [0.4, 0.5) is 17.6 Å². The molecule has 1 aromatic carbocycles. The molecule has 0 saturated carbocycles. The van der Waals surface area contributed by atoms with Gasteiger partial charge >= 0.3 is 6.18 Å². The van der Waals surface area contributed by atoms with E-state index < -0.39 is 35.3 Å². The maximum absolute atomic E-state index is 13.2. The van der Waals surface area contributed by atoms with E-state index in [0.29, 0.717) is 18.2 Å². The van der Waals surface area contributed by atoms with E-state index in [1.807, 2.05) is 0 Å². The molecular formula is C10H11F4NO. The third kappa shape index (κ3) is 2.70. The van der Waals surface area contributed by atoms with Crippen LogP contribution in [-0.4, -0.2) is 11.1 Å². The average Bonchev–Trinajstić information content (AvgIpc) is 2.15. The Bertz CT molecular complexity index is 376. The summed E-state index contributed by atoms with van der Waals surface area (Å²) in [4.78, 5) is 0. The largest absolute Gasteiger partial charge is 0.416 e. The van der Waals surface area contributed by atoms with Crippen LogP contribution in [0, 0.1) is 5.82 Å². The van der Waals surface area contributed by atoms with Gasteiger partial charge in [-0.2, -0.15) is 13.2 Å².